The monoisotopic (exact) mass is 322 g/mol. The molecule has 0 aromatic heterocycles. The van der Waals surface area contributed by atoms with Crippen LogP contribution in [0, 0.1) is 0 Å². The molecule has 0 saturated heterocycles. The summed E-state index contributed by atoms with van der Waals surface area (Å²) in [4.78, 5) is 29.7. The Morgan fingerprint density at radius 1 is 1.29 bits per heavy atom. The maximum Gasteiger partial charge on any atom is 0.336 e. The number of fused-ring (bicyclic) bond motifs is 4. The minimum absolute atomic E-state index is 0.0738. The predicted molar refractivity (Wildman–Crippen MR) is 90.2 cm³/mol. The summed E-state index contributed by atoms with van der Waals surface area (Å²) in [6.07, 6.45) is 9.41. The fourth-order valence-corrected chi connectivity index (χ4v) is 4.08. The molecule has 1 aromatic carbocycles. The van der Waals surface area contributed by atoms with Crippen LogP contribution in [0.3, 0.4) is 0 Å². The standard InChI is InChI=1S/C19H18N2O3/c1-3-21-15-9-5-4-8-13(15)19(18(21)23)14(17(22)24-2)12-20-11-7-6-10-16(19)20/h4-12,16H,3H2,1-2H3/t16?,19-/m1/s1. The van der Waals surface area contributed by atoms with E-state index in [1.165, 1.54) is 7.11 Å². The van der Waals surface area contributed by atoms with Crippen LogP contribution in [0.2, 0.25) is 0 Å². The van der Waals surface area contributed by atoms with Crippen LogP contribution in [-0.4, -0.2) is 36.5 Å². The molecule has 0 fully saturated rings. The number of carbonyl (C=O) groups excluding carboxylic acids is 2. The molecule has 1 aromatic rings. The van der Waals surface area contributed by atoms with Gasteiger partial charge in [-0.05, 0) is 24.6 Å². The number of anilines is 1. The molecule has 3 aliphatic rings. The van der Waals surface area contributed by atoms with Gasteiger partial charge in [-0.15, -0.1) is 0 Å². The molecule has 1 amide bonds. The highest BCUT2D eigenvalue weighted by Gasteiger charge is 2.63. The number of benzene rings is 1. The summed E-state index contributed by atoms with van der Waals surface area (Å²) in [5.74, 6) is -0.539. The molecule has 0 saturated carbocycles. The zero-order valence-corrected chi connectivity index (χ0v) is 13.6. The lowest BCUT2D eigenvalue weighted by Gasteiger charge is -2.34. The molecule has 4 rings (SSSR count). The molecule has 1 spiro atoms. The van der Waals surface area contributed by atoms with Gasteiger partial charge in [-0.3, -0.25) is 4.79 Å². The molecule has 5 nitrogen and oxygen atoms in total. The van der Waals surface area contributed by atoms with E-state index in [4.69, 9.17) is 4.74 Å². The third-order valence-corrected chi connectivity index (χ3v) is 5.05. The molecule has 2 atom stereocenters. The molecule has 0 N–H and O–H groups in total. The van der Waals surface area contributed by atoms with E-state index >= 15 is 0 Å². The molecule has 3 aliphatic heterocycles. The molecule has 1 unspecified atom stereocenters. The molecule has 122 valence electrons. The highest BCUT2D eigenvalue weighted by molar-refractivity contribution is 6.16. The van der Waals surface area contributed by atoms with Gasteiger partial charge in [0.05, 0.1) is 18.7 Å². The molecule has 0 aliphatic carbocycles. The van der Waals surface area contributed by atoms with Crippen LogP contribution in [0.25, 0.3) is 0 Å². The van der Waals surface area contributed by atoms with Crippen LogP contribution in [0.15, 0.2) is 60.5 Å². The Balaban J connectivity index is 2.02. The van der Waals surface area contributed by atoms with Crippen molar-refractivity contribution in [3.8, 4) is 0 Å². The van der Waals surface area contributed by atoms with Crippen molar-refractivity contribution in [2.45, 2.75) is 18.4 Å². The third-order valence-electron chi connectivity index (χ3n) is 5.05. The number of rotatable bonds is 2. The lowest BCUT2D eigenvalue weighted by molar-refractivity contribution is -0.138. The summed E-state index contributed by atoms with van der Waals surface area (Å²) in [6.45, 7) is 2.50. The van der Waals surface area contributed by atoms with Gasteiger partial charge in [0.1, 0.15) is 5.41 Å². The van der Waals surface area contributed by atoms with E-state index in [9.17, 15) is 9.59 Å². The Hall–Kier alpha value is -2.82. The number of likely N-dealkylation sites (N-methyl/N-ethyl adjacent to an activating group) is 1. The van der Waals surface area contributed by atoms with Gasteiger partial charge < -0.3 is 14.5 Å². The van der Waals surface area contributed by atoms with E-state index in [1.54, 1.807) is 11.1 Å². The quantitative estimate of drug-likeness (QED) is 0.783. The smallest absolute Gasteiger partial charge is 0.336 e. The number of carbonyl (C=O) groups is 2. The molecule has 5 heteroatoms. The topological polar surface area (TPSA) is 49.9 Å². The maximum atomic E-state index is 13.5. The first-order valence-corrected chi connectivity index (χ1v) is 8.00. The number of methoxy groups -OCH3 is 1. The summed E-state index contributed by atoms with van der Waals surface area (Å²) in [6, 6.07) is 7.44. The van der Waals surface area contributed by atoms with Gasteiger partial charge in [0, 0.05) is 24.6 Å². The van der Waals surface area contributed by atoms with Crippen molar-refractivity contribution in [1.29, 1.82) is 0 Å². The number of nitrogens with zero attached hydrogens (tertiary/aromatic N) is 2. The van der Waals surface area contributed by atoms with Crippen molar-refractivity contribution in [3.05, 3.63) is 66.0 Å². The maximum absolute atomic E-state index is 13.5. The Kier molecular flexibility index (Phi) is 3.13. The minimum Gasteiger partial charge on any atom is -0.466 e. The predicted octanol–water partition coefficient (Wildman–Crippen LogP) is 2.12. The van der Waals surface area contributed by atoms with Gasteiger partial charge in [0.2, 0.25) is 5.91 Å². The summed E-state index contributed by atoms with van der Waals surface area (Å²) < 4.78 is 5.01. The number of ether oxygens (including phenoxy) is 1. The van der Waals surface area contributed by atoms with Crippen LogP contribution in [0.4, 0.5) is 5.69 Å². The molecule has 24 heavy (non-hydrogen) atoms. The van der Waals surface area contributed by atoms with Gasteiger partial charge in [-0.1, -0.05) is 30.4 Å². The average Bonchev–Trinajstić information content (AvgIpc) is 3.10. The minimum atomic E-state index is -1.05. The highest BCUT2D eigenvalue weighted by atomic mass is 16.5. The van der Waals surface area contributed by atoms with E-state index in [2.05, 4.69) is 0 Å². The number of esters is 1. The first-order valence-electron chi connectivity index (χ1n) is 8.00. The Bertz CT molecular complexity index is 824. The molecular weight excluding hydrogens is 304 g/mol. The van der Waals surface area contributed by atoms with Crippen molar-refractivity contribution in [1.82, 2.24) is 4.90 Å². The van der Waals surface area contributed by atoms with Crippen LogP contribution in [0.1, 0.15) is 12.5 Å². The fourth-order valence-electron chi connectivity index (χ4n) is 4.08. The van der Waals surface area contributed by atoms with E-state index in [1.807, 2.05) is 60.5 Å². The summed E-state index contributed by atoms with van der Waals surface area (Å²) >= 11 is 0. The molecule has 0 bridgehead atoms. The summed E-state index contributed by atoms with van der Waals surface area (Å²) in [5.41, 5.74) is 1.06. The van der Waals surface area contributed by atoms with Crippen molar-refractivity contribution in [3.63, 3.8) is 0 Å². The molecule has 3 heterocycles. The number of amides is 1. The van der Waals surface area contributed by atoms with Crippen molar-refractivity contribution < 1.29 is 14.3 Å². The largest absolute Gasteiger partial charge is 0.466 e. The second kappa shape index (κ2) is 5.09. The van der Waals surface area contributed by atoms with Gasteiger partial charge >= 0.3 is 5.97 Å². The normalized spacial score (nSPS) is 26.7. The second-order valence-electron chi connectivity index (χ2n) is 6.03. The van der Waals surface area contributed by atoms with E-state index in [-0.39, 0.29) is 11.9 Å². The Morgan fingerprint density at radius 2 is 2.08 bits per heavy atom. The lowest BCUT2D eigenvalue weighted by atomic mass is 9.71. The van der Waals surface area contributed by atoms with Crippen molar-refractivity contribution in [2.75, 3.05) is 18.6 Å². The number of hydrogen-bond acceptors (Lipinski definition) is 4. The van der Waals surface area contributed by atoms with Gasteiger partial charge in [-0.2, -0.15) is 0 Å². The second-order valence-corrected chi connectivity index (χ2v) is 6.03. The van der Waals surface area contributed by atoms with Crippen LogP contribution < -0.4 is 4.90 Å². The van der Waals surface area contributed by atoms with Crippen LogP contribution >= 0.6 is 0 Å². The SMILES string of the molecule is CCN1C(=O)[C@@]2(C(C(=O)OC)=CN3C=CC=CC32)c2ccccc21. The first kappa shape index (κ1) is 14.8. The van der Waals surface area contributed by atoms with E-state index < -0.39 is 11.4 Å². The average molecular weight is 322 g/mol. The first-order chi connectivity index (χ1) is 11.7. The van der Waals surface area contributed by atoms with Crippen LogP contribution in [0.5, 0.6) is 0 Å². The van der Waals surface area contributed by atoms with Gasteiger partial charge in [0.25, 0.3) is 0 Å². The zero-order chi connectivity index (χ0) is 16.9. The van der Waals surface area contributed by atoms with Crippen molar-refractivity contribution >= 4 is 17.6 Å². The number of para-hydroxylation sites is 1. The fraction of sp³-hybridized carbons (Fsp3) is 0.263. The third kappa shape index (κ3) is 1.59. The van der Waals surface area contributed by atoms with Gasteiger partial charge in [-0.25, -0.2) is 4.79 Å². The van der Waals surface area contributed by atoms with E-state index in [0.29, 0.717) is 12.1 Å². The van der Waals surface area contributed by atoms with Gasteiger partial charge in [0.15, 0.2) is 0 Å². The summed E-state index contributed by atoms with van der Waals surface area (Å²) in [7, 11) is 1.35. The van der Waals surface area contributed by atoms with Crippen molar-refractivity contribution in [2.24, 2.45) is 0 Å². The van der Waals surface area contributed by atoms with Crippen LogP contribution in [-0.2, 0) is 19.7 Å². The number of allylic oxidation sites excluding steroid dienone is 2. The molecular formula is C19H18N2O3. The number of hydrogen-bond donors (Lipinski definition) is 0. The highest BCUT2D eigenvalue weighted by Crippen LogP contribution is 2.53. The lowest BCUT2D eigenvalue weighted by Crippen LogP contribution is -2.51. The molecule has 0 radical (unpaired) electrons. The Morgan fingerprint density at radius 3 is 2.83 bits per heavy atom. The van der Waals surface area contributed by atoms with E-state index in [0.717, 1.165) is 11.3 Å². The zero-order valence-electron chi connectivity index (χ0n) is 13.6. The Labute approximate surface area is 140 Å². The summed E-state index contributed by atoms with van der Waals surface area (Å²) in [5, 5.41) is 0.